The molecule has 14 heavy (non-hydrogen) atoms. The highest BCUT2D eigenvalue weighted by Gasteiger charge is 2.21. The molecule has 0 amide bonds. The van der Waals surface area contributed by atoms with Gasteiger partial charge in [0.15, 0.2) is 0 Å². The van der Waals surface area contributed by atoms with E-state index in [1.54, 1.807) is 0 Å². The van der Waals surface area contributed by atoms with Crippen LogP contribution in [0.15, 0.2) is 0 Å². The molecule has 5 heteroatoms. The van der Waals surface area contributed by atoms with Crippen molar-refractivity contribution in [3.63, 3.8) is 0 Å². The molecule has 2 atom stereocenters. The van der Waals surface area contributed by atoms with Crippen molar-refractivity contribution in [1.82, 2.24) is 0 Å². The topological polar surface area (TPSA) is 70.8 Å². The molecule has 0 radical (unpaired) electrons. The zero-order valence-corrected chi connectivity index (χ0v) is 8.40. The first-order valence-corrected chi connectivity index (χ1v) is 4.76. The summed E-state index contributed by atoms with van der Waals surface area (Å²) < 4.78 is 15.2. The van der Waals surface area contributed by atoms with Crippen LogP contribution in [0.25, 0.3) is 0 Å². The molecule has 0 aliphatic carbocycles. The molecule has 2 unspecified atom stereocenters. The third-order valence-electron chi connectivity index (χ3n) is 2.18. The van der Waals surface area contributed by atoms with E-state index < -0.39 is 0 Å². The number of nitrogens with two attached hydrogens (primary N) is 1. The van der Waals surface area contributed by atoms with Crippen molar-refractivity contribution >= 4 is 5.97 Å². The minimum atomic E-state index is -0.266. The highest BCUT2D eigenvalue weighted by Crippen LogP contribution is 2.10. The van der Waals surface area contributed by atoms with Crippen LogP contribution in [0.5, 0.6) is 0 Å². The van der Waals surface area contributed by atoms with Gasteiger partial charge in [-0.25, -0.2) is 0 Å². The smallest absolute Gasteiger partial charge is 0.308 e. The number of esters is 1. The largest absolute Gasteiger partial charge is 0.460 e. The van der Waals surface area contributed by atoms with Crippen LogP contribution < -0.4 is 5.73 Å². The highest BCUT2D eigenvalue weighted by atomic mass is 16.6. The number of hydrogen-bond donors (Lipinski definition) is 1. The summed E-state index contributed by atoms with van der Waals surface area (Å²) in [5.41, 5.74) is 5.38. The van der Waals surface area contributed by atoms with E-state index in [4.69, 9.17) is 19.9 Å². The average molecular weight is 203 g/mol. The van der Waals surface area contributed by atoms with Crippen molar-refractivity contribution in [2.24, 2.45) is 5.73 Å². The Kier molecular flexibility index (Phi) is 4.86. The summed E-state index contributed by atoms with van der Waals surface area (Å²) in [5, 5.41) is 0. The average Bonchev–Trinajstić information content (AvgIpc) is 2.66. The molecule has 0 saturated carbocycles. The molecule has 5 nitrogen and oxygen atoms in total. The molecule has 0 aromatic carbocycles. The van der Waals surface area contributed by atoms with Gasteiger partial charge in [0, 0.05) is 20.1 Å². The lowest BCUT2D eigenvalue weighted by Crippen LogP contribution is -2.28. The molecule has 1 saturated heterocycles. The van der Waals surface area contributed by atoms with Gasteiger partial charge < -0.3 is 19.9 Å². The van der Waals surface area contributed by atoms with Crippen molar-refractivity contribution in [1.29, 1.82) is 0 Å². The Hall–Kier alpha value is -0.650. The third kappa shape index (κ3) is 3.61. The molecule has 1 heterocycles. The fourth-order valence-electron chi connectivity index (χ4n) is 1.29. The van der Waals surface area contributed by atoms with Gasteiger partial charge in [-0.15, -0.1) is 0 Å². The van der Waals surface area contributed by atoms with Gasteiger partial charge in [-0.05, 0) is 0 Å². The molecule has 1 fully saturated rings. The minimum Gasteiger partial charge on any atom is -0.460 e. The first kappa shape index (κ1) is 11.4. The van der Waals surface area contributed by atoms with Crippen LogP contribution in [0.1, 0.15) is 12.8 Å². The SMILES string of the molecule is COC(CN)CC(=O)OC1CCOC1. The van der Waals surface area contributed by atoms with Crippen LogP contribution >= 0.6 is 0 Å². The molecular weight excluding hydrogens is 186 g/mol. The molecule has 2 N–H and O–H groups in total. The number of rotatable bonds is 5. The fourth-order valence-corrected chi connectivity index (χ4v) is 1.29. The Morgan fingerprint density at radius 2 is 2.50 bits per heavy atom. The summed E-state index contributed by atoms with van der Waals surface area (Å²) in [6.07, 6.45) is 0.665. The Labute approximate surface area is 83.5 Å². The Balaban J connectivity index is 2.20. The standard InChI is InChI=1S/C9H17NO4/c1-12-8(5-10)4-9(11)14-7-2-3-13-6-7/h7-8H,2-6,10H2,1H3. The van der Waals surface area contributed by atoms with E-state index in [2.05, 4.69) is 0 Å². The lowest BCUT2D eigenvalue weighted by atomic mass is 10.2. The van der Waals surface area contributed by atoms with Crippen molar-refractivity contribution in [3.8, 4) is 0 Å². The highest BCUT2D eigenvalue weighted by molar-refractivity contribution is 5.70. The maximum Gasteiger partial charge on any atom is 0.308 e. The lowest BCUT2D eigenvalue weighted by molar-refractivity contribution is -0.151. The van der Waals surface area contributed by atoms with Crippen LogP contribution in [0.3, 0.4) is 0 Å². The second kappa shape index (κ2) is 5.95. The molecule has 0 spiro atoms. The third-order valence-corrected chi connectivity index (χ3v) is 2.18. The van der Waals surface area contributed by atoms with Gasteiger partial charge >= 0.3 is 5.97 Å². The second-order valence-corrected chi connectivity index (χ2v) is 3.27. The van der Waals surface area contributed by atoms with Crippen molar-refractivity contribution in [2.75, 3.05) is 26.9 Å². The summed E-state index contributed by atoms with van der Waals surface area (Å²) in [4.78, 5) is 11.3. The molecule has 0 aromatic rings. The number of methoxy groups -OCH3 is 1. The molecule has 82 valence electrons. The molecule has 0 aromatic heterocycles. The van der Waals surface area contributed by atoms with Crippen LogP contribution in [-0.4, -0.2) is 45.0 Å². The predicted octanol–water partition coefficient (Wildman–Crippen LogP) is -0.318. The zero-order chi connectivity index (χ0) is 10.4. The maximum atomic E-state index is 11.3. The van der Waals surface area contributed by atoms with E-state index in [9.17, 15) is 4.79 Å². The zero-order valence-electron chi connectivity index (χ0n) is 8.40. The van der Waals surface area contributed by atoms with Crippen LogP contribution in [0.4, 0.5) is 0 Å². The van der Waals surface area contributed by atoms with E-state index in [0.717, 1.165) is 6.42 Å². The monoisotopic (exact) mass is 203 g/mol. The van der Waals surface area contributed by atoms with Crippen molar-refractivity contribution in [2.45, 2.75) is 25.0 Å². The fraction of sp³-hybridized carbons (Fsp3) is 0.889. The second-order valence-electron chi connectivity index (χ2n) is 3.27. The molecule has 1 aliphatic heterocycles. The van der Waals surface area contributed by atoms with Gasteiger partial charge in [-0.3, -0.25) is 4.79 Å². The van der Waals surface area contributed by atoms with Gasteiger partial charge in [-0.2, -0.15) is 0 Å². The van der Waals surface area contributed by atoms with Crippen LogP contribution in [0.2, 0.25) is 0 Å². The summed E-state index contributed by atoms with van der Waals surface area (Å²) in [7, 11) is 1.53. The quantitative estimate of drug-likeness (QED) is 0.620. The van der Waals surface area contributed by atoms with E-state index in [1.807, 2.05) is 0 Å². The van der Waals surface area contributed by atoms with Gasteiger partial charge in [-0.1, -0.05) is 0 Å². The lowest BCUT2D eigenvalue weighted by Gasteiger charge is -2.14. The molecule has 1 aliphatic rings. The summed E-state index contributed by atoms with van der Waals surface area (Å²) in [5.74, 6) is -0.266. The Bertz CT molecular complexity index is 170. The first-order chi connectivity index (χ1) is 6.76. The number of carbonyl (C=O) groups excluding carboxylic acids is 1. The van der Waals surface area contributed by atoms with Gasteiger partial charge in [0.25, 0.3) is 0 Å². The Morgan fingerprint density at radius 1 is 1.71 bits per heavy atom. The normalized spacial score (nSPS) is 23.4. The Morgan fingerprint density at radius 3 is 3.00 bits per heavy atom. The van der Waals surface area contributed by atoms with E-state index in [1.165, 1.54) is 7.11 Å². The van der Waals surface area contributed by atoms with Gasteiger partial charge in [0.2, 0.25) is 0 Å². The van der Waals surface area contributed by atoms with E-state index in [0.29, 0.717) is 19.8 Å². The van der Waals surface area contributed by atoms with Crippen LogP contribution in [-0.2, 0) is 19.0 Å². The molecular formula is C9H17NO4. The van der Waals surface area contributed by atoms with Gasteiger partial charge in [0.05, 0.1) is 25.7 Å². The number of hydrogen-bond acceptors (Lipinski definition) is 5. The summed E-state index contributed by atoms with van der Waals surface area (Å²) in [6, 6.07) is 0. The molecule has 1 rings (SSSR count). The number of carbonyl (C=O) groups is 1. The molecule has 0 bridgehead atoms. The van der Waals surface area contributed by atoms with Crippen molar-refractivity contribution < 1.29 is 19.0 Å². The van der Waals surface area contributed by atoms with E-state index in [-0.39, 0.29) is 24.6 Å². The van der Waals surface area contributed by atoms with Crippen molar-refractivity contribution in [3.05, 3.63) is 0 Å². The summed E-state index contributed by atoms with van der Waals surface area (Å²) in [6.45, 7) is 1.50. The van der Waals surface area contributed by atoms with Crippen LogP contribution in [0, 0.1) is 0 Å². The van der Waals surface area contributed by atoms with E-state index >= 15 is 0 Å². The first-order valence-electron chi connectivity index (χ1n) is 4.76. The van der Waals surface area contributed by atoms with Gasteiger partial charge in [0.1, 0.15) is 6.10 Å². The summed E-state index contributed by atoms with van der Waals surface area (Å²) >= 11 is 0. The minimum absolute atomic E-state index is 0.0854. The maximum absolute atomic E-state index is 11.3. The predicted molar refractivity (Wildman–Crippen MR) is 49.8 cm³/mol. The number of ether oxygens (including phenoxy) is 3.